The van der Waals surface area contributed by atoms with Crippen LogP contribution in [0, 0.1) is 0 Å². The summed E-state index contributed by atoms with van der Waals surface area (Å²) in [7, 11) is -3.10. The van der Waals surface area contributed by atoms with Gasteiger partial charge in [0.1, 0.15) is 12.4 Å². The minimum atomic E-state index is -4.22. The zero-order valence-corrected chi connectivity index (χ0v) is 19.3. The Labute approximate surface area is 201 Å². The maximum absolute atomic E-state index is 12.5. The third-order valence-corrected chi connectivity index (χ3v) is 5.75. The van der Waals surface area contributed by atoms with E-state index in [1.807, 2.05) is 22.9 Å². The summed E-state index contributed by atoms with van der Waals surface area (Å²) in [6, 6.07) is 16.6. The van der Waals surface area contributed by atoms with Gasteiger partial charge in [-0.2, -0.15) is 0 Å². The molecule has 2 amide bonds. The fourth-order valence-electron chi connectivity index (χ4n) is 2.68. The molecule has 3 aromatic rings. The Morgan fingerprint density at radius 3 is 2.20 bits per heavy atom. The molecule has 12 heteroatoms. The first-order valence-electron chi connectivity index (χ1n) is 10.1. The summed E-state index contributed by atoms with van der Waals surface area (Å²) >= 11 is 0. The molecule has 0 fully saturated rings. The van der Waals surface area contributed by atoms with E-state index in [2.05, 4.69) is 19.8 Å². The van der Waals surface area contributed by atoms with Gasteiger partial charge in [0.05, 0.1) is 24.1 Å². The van der Waals surface area contributed by atoms with Crippen molar-refractivity contribution in [2.75, 3.05) is 20.3 Å². The number of nitrogens with one attached hydrogen (secondary N) is 2. The van der Waals surface area contributed by atoms with E-state index in [4.69, 9.17) is 4.74 Å². The van der Waals surface area contributed by atoms with Crippen LogP contribution in [0.25, 0.3) is 0 Å². The van der Waals surface area contributed by atoms with Crippen LogP contribution in [-0.2, 0) is 14.8 Å². The fourth-order valence-corrected chi connectivity index (χ4v) is 3.65. The maximum atomic E-state index is 12.5. The molecule has 0 radical (unpaired) electrons. The molecule has 0 atom stereocenters. The SMILES string of the molecule is COC(=O)Oc1ccc(C(=O)NS(=O)(=O)c2ccc(C(=O)NCCOc3ccccc3)cc2)cn1. The summed E-state index contributed by atoms with van der Waals surface area (Å²) in [4.78, 5) is 39.1. The average Bonchev–Trinajstić information content (AvgIpc) is 2.87. The molecule has 35 heavy (non-hydrogen) atoms. The molecule has 0 aliphatic carbocycles. The van der Waals surface area contributed by atoms with Gasteiger partial charge in [0.15, 0.2) is 0 Å². The monoisotopic (exact) mass is 499 g/mol. The van der Waals surface area contributed by atoms with Crippen LogP contribution in [0.15, 0.2) is 77.8 Å². The summed E-state index contributed by atoms with van der Waals surface area (Å²) in [6.45, 7) is 0.514. The molecule has 1 aromatic heterocycles. The Morgan fingerprint density at radius 1 is 0.886 bits per heavy atom. The number of rotatable bonds is 9. The highest BCUT2D eigenvalue weighted by molar-refractivity contribution is 7.90. The molecule has 1 heterocycles. The van der Waals surface area contributed by atoms with Crippen LogP contribution in [0.2, 0.25) is 0 Å². The molecule has 0 bridgehead atoms. The molecular formula is C23H21N3O8S. The number of sulfonamides is 1. The standard InChI is InChI=1S/C23H21N3O8S/c1-32-23(29)34-20-12-9-17(15-25-20)22(28)26-35(30,31)19-10-7-16(8-11-19)21(27)24-13-14-33-18-5-3-2-4-6-18/h2-12,15H,13-14H2,1H3,(H,24,27)(H,26,28). The van der Waals surface area contributed by atoms with Crippen molar-refractivity contribution in [1.82, 2.24) is 15.0 Å². The molecule has 2 N–H and O–H groups in total. The minimum absolute atomic E-state index is 0.0838. The van der Waals surface area contributed by atoms with Gasteiger partial charge in [-0.3, -0.25) is 9.59 Å². The first-order valence-corrected chi connectivity index (χ1v) is 11.6. The molecule has 0 unspecified atom stereocenters. The van der Waals surface area contributed by atoms with E-state index in [0.29, 0.717) is 5.75 Å². The molecule has 182 valence electrons. The number of carbonyl (C=O) groups excluding carboxylic acids is 3. The Hall–Kier alpha value is -4.45. The number of aromatic nitrogens is 1. The van der Waals surface area contributed by atoms with E-state index in [1.165, 1.54) is 36.4 Å². The predicted molar refractivity (Wildman–Crippen MR) is 123 cm³/mol. The van der Waals surface area contributed by atoms with Gasteiger partial charge in [0, 0.05) is 17.8 Å². The second-order valence-electron chi connectivity index (χ2n) is 6.82. The van der Waals surface area contributed by atoms with E-state index in [0.717, 1.165) is 13.3 Å². The summed E-state index contributed by atoms with van der Waals surface area (Å²) in [5.41, 5.74) is 0.153. The number of hydrogen-bond donors (Lipinski definition) is 2. The van der Waals surface area contributed by atoms with Crippen molar-refractivity contribution in [2.45, 2.75) is 4.90 Å². The normalized spacial score (nSPS) is 10.7. The van der Waals surface area contributed by atoms with Crippen LogP contribution in [0.5, 0.6) is 11.6 Å². The summed E-state index contributed by atoms with van der Waals surface area (Å²) < 4.78 is 41.5. The lowest BCUT2D eigenvalue weighted by Crippen LogP contribution is -2.31. The lowest BCUT2D eigenvalue weighted by Gasteiger charge is -2.09. The average molecular weight is 500 g/mol. The van der Waals surface area contributed by atoms with Crippen LogP contribution in [-0.4, -0.2) is 51.6 Å². The van der Waals surface area contributed by atoms with Gasteiger partial charge in [-0.1, -0.05) is 18.2 Å². The third kappa shape index (κ3) is 7.27. The molecule has 3 rings (SSSR count). The highest BCUT2D eigenvalue weighted by Gasteiger charge is 2.20. The van der Waals surface area contributed by atoms with E-state index >= 15 is 0 Å². The summed E-state index contributed by atoms with van der Waals surface area (Å²) in [5, 5.41) is 2.67. The molecular weight excluding hydrogens is 478 g/mol. The van der Waals surface area contributed by atoms with Gasteiger partial charge >= 0.3 is 6.16 Å². The predicted octanol–water partition coefficient (Wildman–Crippen LogP) is 2.15. The number of carbonyl (C=O) groups is 3. The van der Waals surface area contributed by atoms with Crippen molar-refractivity contribution in [1.29, 1.82) is 0 Å². The zero-order chi connectivity index (χ0) is 25.3. The number of pyridine rings is 1. The number of ether oxygens (including phenoxy) is 3. The number of benzene rings is 2. The van der Waals surface area contributed by atoms with Gasteiger partial charge < -0.3 is 19.5 Å². The summed E-state index contributed by atoms with van der Waals surface area (Å²) in [6.07, 6.45) is 0.0489. The van der Waals surface area contributed by atoms with E-state index < -0.39 is 28.0 Å². The van der Waals surface area contributed by atoms with Gasteiger partial charge in [0.25, 0.3) is 21.8 Å². The Balaban J connectivity index is 1.53. The van der Waals surface area contributed by atoms with Gasteiger partial charge in [0.2, 0.25) is 5.88 Å². The summed E-state index contributed by atoms with van der Waals surface area (Å²) in [5.74, 6) is -0.798. The molecule has 2 aromatic carbocycles. The lowest BCUT2D eigenvalue weighted by atomic mass is 10.2. The van der Waals surface area contributed by atoms with Crippen molar-refractivity contribution in [3.05, 3.63) is 84.1 Å². The Kier molecular flexibility index (Phi) is 8.35. The van der Waals surface area contributed by atoms with Crippen molar-refractivity contribution in [2.24, 2.45) is 0 Å². The first-order chi connectivity index (χ1) is 16.8. The Bertz CT molecular complexity index is 1280. The van der Waals surface area contributed by atoms with Crippen LogP contribution >= 0.6 is 0 Å². The second-order valence-corrected chi connectivity index (χ2v) is 8.50. The molecule has 0 aliphatic heterocycles. The fraction of sp³-hybridized carbons (Fsp3) is 0.130. The number of methoxy groups -OCH3 is 1. The Morgan fingerprint density at radius 2 is 1.57 bits per heavy atom. The van der Waals surface area contributed by atoms with E-state index in [1.54, 1.807) is 12.1 Å². The number of hydrogen-bond acceptors (Lipinski definition) is 9. The van der Waals surface area contributed by atoms with Crippen LogP contribution in [0.4, 0.5) is 4.79 Å². The lowest BCUT2D eigenvalue weighted by molar-refractivity contribution is 0.0944. The maximum Gasteiger partial charge on any atom is 0.514 e. The highest BCUT2D eigenvalue weighted by atomic mass is 32.2. The topological polar surface area (TPSA) is 150 Å². The van der Waals surface area contributed by atoms with E-state index in [-0.39, 0.29) is 35.1 Å². The smallest absolute Gasteiger partial charge is 0.492 e. The molecule has 0 spiro atoms. The van der Waals surface area contributed by atoms with Crippen LogP contribution < -0.4 is 19.5 Å². The van der Waals surface area contributed by atoms with Crippen molar-refractivity contribution in [3.8, 4) is 11.6 Å². The van der Waals surface area contributed by atoms with E-state index in [9.17, 15) is 22.8 Å². The van der Waals surface area contributed by atoms with Crippen molar-refractivity contribution in [3.63, 3.8) is 0 Å². The van der Waals surface area contributed by atoms with Crippen molar-refractivity contribution >= 4 is 28.0 Å². The quantitative estimate of drug-likeness (QED) is 0.333. The first kappa shape index (κ1) is 25.2. The van der Waals surface area contributed by atoms with Gasteiger partial charge in [-0.15, -0.1) is 0 Å². The van der Waals surface area contributed by atoms with Gasteiger partial charge in [-0.25, -0.2) is 22.9 Å². The second kappa shape index (κ2) is 11.6. The minimum Gasteiger partial charge on any atom is -0.492 e. The zero-order valence-electron chi connectivity index (χ0n) is 18.5. The molecule has 0 aliphatic rings. The molecule has 0 saturated heterocycles. The number of para-hydroxylation sites is 1. The van der Waals surface area contributed by atoms with Crippen LogP contribution in [0.3, 0.4) is 0 Å². The molecule has 11 nitrogen and oxygen atoms in total. The molecule has 0 saturated carbocycles. The largest absolute Gasteiger partial charge is 0.514 e. The number of amides is 2. The van der Waals surface area contributed by atoms with Crippen molar-refractivity contribution < 1.29 is 37.0 Å². The van der Waals surface area contributed by atoms with Gasteiger partial charge in [-0.05, 0) is 42.5 Å². The van der Waals surface area contributed by atoms with Crippen LogP contribution in [0.1, 0.15) is 20.7 Å². The third-order valence-electron chi connectivity index (χ3n) is 4.41. The highest BCUT2D eigenvalue weighted by Crippen LogP contribution is 2.13. The number of nitrogens with zero attached hydrogens (tertiary/aromatic N) is 1.